The van der Waals surface area contributed by atoms with Gasteiger partial charge in [0.15, 0.2) is 6.29 Å². The van der Waals surface area contributed by atoms with Crippen LogP contribution >= 0.6 is 0 Å². The van der Waals surface area contributed by atoms with E-state index in [1.165, 1.54) is 12.1 Å². The van der Waals surface area contributed by atoms with E-state index in [0.29, 0.717) is 23.8 Å². The number of carboxylic acid groups (broad SMARTS) is 1. The number of fused-ring (bicyclic) bond motifs is 1. The smallest absolute Gasteiger partial charge is 0.405 e. The van der Waals surface area contributed by atoms with E-state index in [1.54, 1.807) is 30.4 Å². The molecule has 0 unspecified atom stereocenters. The average molecular weight is 311 g/mol. The first-order valence-electron chi connectivity index (χ1n) is 7.08. The van der Waals surface area contributed by atoms with Gasteiger partial charge in [-0.2, -0.15) is 0 Å². The van der Waals surface area contributed by atoms with Crippen LogP contribution in [-0.2, 0) is 16.8 Å². The zero-order valence-electron chi connectivity index (χ0n) is 12.1. The molecule has 1 atom stereocenters. The minimum atomic E-state index is -1.41. The first-order chi connectivity index (χ1) is 11.0. The molecule has 2 N–H and O–H groups in total. The van der Waals surface area contributed by atoms with E-state index < -0.39 is 11.6 Å². The Bertz CT molecular complexity index is 816. The van der Waals surface area contributed by atoms with E-state index in [2.05, 4.69) is 5.32 Å². The molecule has 0 bridgehead atoms. The lowest BCUT2D eigenvalue weighted by molar-refractivity contribution is -0.112. The van der Waals surface area contributed by atoms with Crippen molar-refractivity contribution in [3.8, 4) is 11.1 Å². The van der Waals surface area contributed by atoms with Gasteiger partial charge < -0.3 is 10.4 Å². The van der Waals surface area contributed by atoms with Crippen LogP contribution in [0.5, 0.6) is 0 Å². The van der Waals surface area contributed by atoms with Gasteiger partial charge in [-0.25, -0.2) is 9.18 Å². The van der Waals surface area contributed by atoms with Crippen molar-refractivity contribution in [2.75, 3.05) is 0 Å². The molecule has 116 valence electrons. The average Bonchev–Trinajstić information content (AvgIpc) is 2.54. The Balaban J connectivity index is 2.14. The molecule has 1 amide bonds. The quantitative estimate of drug-likeness (QED) is 0.675. The Labute approximate surface area is 132 Å². The van der Waals surface area contributed by atoms with E-state index in [1.807, 2.05) is 12.1 Å². The highest BCUT2D eigenvalue weighted by molar-refractivity contribution is 5.82. The molecular weight excluding hydrogens is 297 g/mol. The number of hydrogen-bond acceptors (Lipinski definition) is 2. The highest BCUT2D eigenvalue weighted by Gasteiger charge is 2.35. The summed E-state index contributed by atoms with van der Waals surface area (Å²) in [7, 11) is 0. The number of halogens is 1. The summed E-state index contributed by atoms with van der Waals surface area (Å²) in [6.07, 6.45) is 3.20. The van der Waals surface area contributed by atoms with Crippen LogP contribution in [-0.4, -0.2) is 17.5 Å². The van der Waals surface area contributed by atoms with E-state index in [0.717, 1.165) is 11.1 Å². The van der Waals surface area contributed by atoms with Gasteiger partial charge in [0.1, 0.15) is 11.4 Å². The number of nitrogens with one attached hydrogen (secondary N) is 1. The van der Waals surface area contributed by atoms with Gasteiger partial charge in [0.2, 0.25) is 0 Å². The molecule has 0 heterocycles. The minimum Gasteiger partial charge on any atom is -0.465 e. The highest BCUT2D eigenvalue weighted by Crippen LogP contribution is 2.33. The lowest BCUT2D eigenvalue weighted by atomic mass is 9.80. The molecule has 0 aliphatic heterocycles. The molecular formula is C18H14FNO3. The molecule has 1 aliphatic rings. The normalized spacial score (nSPS) is 19.0. The van der Waals surface area contributed by atoms with Gasteiger partial charge in [-0.15, -0.1) is 0 Å². The second-order valence-corrected chi connectivity index (χ2v) is 5.41. The predicted molar refractivity (Wildman–Crippen MR) is 83.6 cm³/mol. The fourth-order valence-corrected chi connectivity index (χ4v) is 2.87. The molecule has 0 saturated heterocycles. The zero-order valence-corrected chi connectivity index (χ0v) is 12.1. The number of allylic oxidation sites excluding steroid dienone is 1. The number of aldehydes is 1. The predicted octanol–water partition coefficient (Wildman–Crippen LogP) is 3.27. The van der Waals surface area contributed by atoms with Crippen LogP contribution in [0.2, 0.25) is 0 Å². The van der Waals surface area contributed by atoms with Gasteiger partial charge >= 0.3 is 6.09 Å². The maximum atomic E-state index is 13.4. The van der Waals surface area contributed by atoms with Crippen LogP contribution in [0, 0.1) is 5.82 Å². The summed E-state index contributed by atoms with van der Waals surface area (Å²) in [5.74, 6) is -0.356. The van der Waals surface area contributed by atoms with Crippen LogP contribution in [0.25, 0.3) is 11.1 Å². The van der Waals surface area contributed by atoms with Crippen molar-refractivity contribution in [1.82, 2.24) is 5.32 Å². The van der Waals surface area contributed by atoms with Gasteiger partial charge in [-0.1, -0.05) is 36.4 Å². The lowest BCUT2D eigenvalue weighted by Gasteiger charge is -2.30. The molecule has 0 aromatic heterocycles. The van der Waals surface area contributed by atoms with Gasteiger partial charge in [0.25, 0.3) is 0 Å². The number of carbonyl (C=O) groups is 2. The van der Waals surface area contributed by atoms with Crippen LogP contribution < -0.4 is 5.32 Å². The molecule has 4 nitrogen and oxygen atoms in total. The van der Waals surface area contributed by atoms with Gasteiger partial charge in [0.05, 0.1) is 0 Å². The lowest BCUT2D eigenvalue weighted by Crippen LogP contribution is -2.46. The van der Waals surface area contributed by atoms with E-state index in [4.69, 9.17) is 5.11 Å². The fourth-order valence-electron chi connectivity index (χ4n) is 2.87. The largest absolute Gasteiger partial charge is 0.465 e. The highest BCUT2D eigenvalue weighted by atomic mass is 19.1. The van der Waals surface area contributed by atoms with Gasteiger partial charge in [0, 0.05) is 0 Å². The maximum absolute atomic E-state index is 13.4. The minimum absolute atomic E-state index is 0.356. The molecule has 2 aromatic rings. The Morgan fingerprint density at radius 2 is 2.00 bits per heavy atom. The molecule has 3 rings (SSSR count). The molecule has 2 aromatic carbocycles. The van der Waals surface area contributed by atoms with Crippen molar-refractivity contribution in [3.63, 3.8) is 0 Å². The summed E-state index contributed by atoms with van der Waals surface area (Å²) >= 11 is 0. The summed E-state index contributed by atoms with van der Waals surface area (Å²) in [6, 6.07) is 11.5. The van der Waals surface area contributed by atoms with Crippen molar-refractivity contribution in [2.24, 2.45) is 0 Å². The fraction of sp³-hybridized carbons (Fsp3) is 0.111. The topological polar surface area (TPSA) is 66.4 Å². The Morgan fingerprint density at radius 3 is 2.70 bits per heavy atom. The molecule has 0 radical (unpaired) electrons. The third-order valence-corrected chi connectivity index (χ3v) is 3.93. The van der Waals surface area contributed by atoms with E-state index in [-0.39, 0.29) is 5.82 Å². The summed E-state index contributed by atoms with van der Waals surface area (Å²) in [5.41, 5.74) is 1.39. The number of hydrogen-bond donors (Lipinski definition) is 2. The second kappa shape index (κ2) is 5.68. The van der Waals surface area contributed by atoms with Crippen LogP contribution in [0.4, 0.5) is 9.18 Å². The van der Waals surface area contributed by atoms with Gasteiger partial charge in [-0.3, -0.25) is 4.79 Å². The molecule has 1 aliphatic carbocycles. The molecule has 0 fully saturated rings. The zero-order chi connectivity index (χ0) is 16.4. The van der Waals surface area contributed by atoms with E-state index >= 15 is 0 Å². The third kappa shape index (κ3) is 2.73. The van der Waals surface area contributed by atoms with E-state index in [9.17, 15) is 14.0 Å². The standard InChI is InChI=1S/C18H14FNO3/c19-15-5-1-3-13(9-15)14-7-6-12-4-2-8-18(11-21,16(12)10-14)20-17(22)23/h1-3,5-11,20H,4H2,(H,22,23)/t18-/m1/s1. The van der Waals surface area contributed by atoms with Crippen molar-refractivity contribution >= 4 is 12.4 Å². The Morgan fingerprint density at radius 1 is 1.22 bits per heavy atom. The maximum Gasteiger partial charge on any atom is 0.405 e. The number of carbonyl (C=O) groups excluding carboxylic acids is 1. The van der Waals surface area contributed by atoms with Crippen molar-refractivity contribution in [1.29, 1.82) is 0 Å². The van der Waals surface area contributed by atoms with Crippen LogP contribution in [0.1, 0.15) is 11.1 Å². The van der Waals surface area contributed by atoms with Crippen molar-refractivity contribution < 1.29 is 19.1 Å². The first-order valence-corrected chi connectivity index (χ1v) is 7.08. The van der Waals surface area contributed by atoms with Crippen LogP contribution in [0.3, 0.4) is 0 Å². The Kier molecular flexibility index (Phi) is 3.70. The number of amides is 1. The Hall–Kier alpha value is -2.95. The van der Waals surface area contributed by atoms with Crippen LogP contribution in [0.15, 0.2) is 54.6 Å². The molecule has 5 heteroatoms. The SMILES string of the molecule is O=C[C@]1(NC(=O)O)C=CCc2ccc(-c3cccc(F)c3)cc21. The summed E-state index contributed by atoms with van der Waals surface area (Å²) in [5, 5.41) is 11.3. The monoisotopic (exact) mass is 311 g/mol. The summed E-state index contributed by atoms with van der Waals surface area (Å²) in [6.45, 7) is 0. The second-order valence-electron chi connectivity index (χ2n) is 5.41. The molecule has 23 heavy (non-hydrogen) atoms. The number of rotatable bonds is 3. The first kappa shape index (κ1) is 15.0. The molecule has 0 saturated carbocycles. The summed E-state index contributed by atoms with van der Waals surface area (Å²) < 4.78 is 13.4. The van der Waals surface area contributed by atoms with Crippen molar-refractivity contribution in [2.45, 2.75) is 12.0 Å². The van der Waals surface area contributed by atoms with Crippen molar-refractivity contribution in [3.05, 3.63) is 71.6 Å². The molecule has 0 spiro atoms. The van der Waals surface area contributed by atoms with Gasteiger partial charge in [-0.05, 0) is 46.9 Å². The third-order valence-electron chi connectivity index (χ3n) is 3.93. The number of benzene rings is 2. The summed E-state index contributed by atoms with van der Waals surface area (Å²) in [4.78, 5) is 22.7.